The minimum absolute atomic E-state index is 0.649. The molecule has 0 saturated carbocycles. The first-order valence-electron chi connectivity index (χ1n) is 12.8. The molecule has 0 fully saturated rings. The topological polar surface area (TPSA) is 56.0 Å². The van der Waals surface area contributed by atoms with E-state index in [1.165, 1.54) is 0 Å². The second kappa shape index (κ2) is 9.80. The van der Waals surface area contributed by atoms with Gasteiger partial charge in [0.1, 0.15) is 5.65 Å². The van der Waals surface area contributed by atoms with Crippen LogP contribution in [0.15, 0.2) is 140 Å². The Labute approximate surface area is 226 Å². The highest BCUT2D eigenvalue weighted by Gasteiger charge is 2.12. The van der Waals surface area contributed by atoms with Gasteiger partial charge in [-0.2, -0.15) is 0 Å². The summed E-state index contributed by atoms with van der Waals surface area (Å²) in [5.41, 5.74) is 8.11. The minimum atomic E-state index is 0.649. The zero-order chi connectivity index (χ0) is 26.0. The van der Waals surface area contributed by atoms with Crippen LogP contribution in [0.25, 0.3) is 62.2 Å². The number of hydrogen-bond acceptors (Lipinski definition) is 4. The Morgan fingerprint density at radius 1 is 0.359 bits per heavy atom. The molecule has 0 aliphatic carbocycles. The van der Waals surface area contributed by atoms with Crippen molar-refractivity contribution in [3.05, 3.63) is 140 Å². The van der Waals surface area contributed by atoms with Crippen LogP contribution in [-0.4, -0.2) is 24.3 Å². The monoisotopic (exact) mass is 501 g/mol. The van der Waals surface area contributed by atoms with E-state index in [1.54, 1.807) is 0 Å². The van der Waals surface area contributed by atoms with Gasteiger partial charge in [0.15, 0.2) is 17.5 Å². The summed E-state index contributed by atoms with van der Waals surface area (Å²) in [5, 5.41) is 0. The van der Waals surface area contributed by atoms with Crippen molar-refractivity contribution in [2.75, 3.05) is 0 Å². The van der Waals surface area contributed by atoms with Gasteiger partial charge in [-0.3, -0.25) is 0 Å². The molecule has 5 heteroatoms. The maximum atomic E-state index is 4.83. The molecule has 0 saturated heterocycles. The molecule has 3 heterocycles. The molecule has 0 atom stereocenters. The van der Waals surface area contributed by atoms with E-state index in [9.17, 15) is 0 Å². The highest BCUT2D eigenvalue weighted by molar-refractivity contribution is 5.73. The van der Waals surface area contributed by atoms with E-state index in [4.69, 9.17) is 19.9 Å². The first-order chi connectivity index (χ1) is 19.3. The van der Waals surface area contributed by atoms with Crippen LogP contribution in [0.2, 0.25) is 0 Å². The van der Waals surface area contributed by atoms with Crippen LogP contribution in [0.4, 0.5) is 0 Å². The molecular formula is C34H23N5. The van der Waals surface area contributed by atoms with Gasteiger partial charge in [0, 0.05) is 34.6 Å². The normalized spacial score (nSPS) is 11.1. The molecule has 7 aromatic rings. The number of aromatic nitrogens is 5. The molecule has 0 aliphatic rings. The number of rotatable bonds is 5. The quantitative estimate of drug-likeness (QED) is 0.241. The molecule has 39 heavy (non-hydrogen) atoms. The number of hydrogen-bond donors (Lipinski definition) is 0. The van der Waals surface area contributed by atoms with Gasteiger partial charge in [-0.15, -0.1) is 0 Å². The van der Waals surface area contributed by atoms with Gasteiger partial charge >= 0.3 is 0 Å². The van der Waals surface area contributed by atoms with E-state index in [-0.39, 0.29) is 0 Å². The molecule has 4 aromatic carbocycles. The molecule has 184 valence electrons. The van der Waals surface area contributed by atoms with Crippen LogP contribution < -0.4 is 0 Å². The Bertz CT molecular complexity index is 1780. The van der Waals surface area contributed by atoms with Crippen LogP contribution in [0, 0.1) is 0 Å². The number of imidazole rings is 1. The van der Waals surface area contributed by atoms with Crippen molar-refractivity contribution < 1.29 is 0 Å². The molecule has 0 bridgehead atoms. The summed E-state index contributed by atoms with van der Waals surface area (Å²) in [4.78, 5) is 19.2. The Hall–Kier alpha value is -5.42. The second-order valence-electron chi connectivity index (χ2n) is 9.29. The first kappa shape index (κ1) is 22.8. The number of nitrogens with zero attached hydrogens (tertiary/aromatic N) is 5. The lowest BCUT2D eigenvalue weighted by Crippen LogP contribution is -2.00. The van der Waals surface area contributed by atoms with E-state index in [1.807, 2.05) is 89.5 Å². The summed E-state index contributed by atoms with van der Waals surface area (Å²) >= 11 is 0. The molecular weight excluding hydrogens is 478 g/mol. The Kier molecular flexibility index (Phi) is 5.72. The molecule has 0 spiro atoms. The standard InChI is InChI=1S/C34H23N5/c1-3-9-27(10-4-1)32-36-33(28-11-5-2-6-12-28)38-34(37-32)29-20-16-25(17-21-29)24-14-18-26(19-15-24)30-23-39-22-8-7-13-31(39)35-30/h1-23H. The SMILES string of the molecule is c1ccc(-c2nc(-c3ccccc3)nc(-c3ccc(-c4ccc(-c5cn6ccccc6n5)cc4)cc3)n2)cc1. The maximum Gasteiger partial charge on any atom is 0.164 e. The second-order valence-corrected chi connectivity index (χ2v) is 9.29. The highest BCUT2D eigenvalue weighted by atomic mass is 15.0. The lowest BCUT2D eigenvalue weighted by molar-refractivity contribution is 1.07. The third-order valence-electron chi connectivity index (χ3n) is 6.72. The summed E-state index contributed by atoms with van der Waals surface area (Å²) in [6, 6.07) is 43.0. The largest absolute Gasteiger partial charge is 0.306 e. The first-order valence-corrected chi connectivity index (χ1v) is 12.8. The van der Waals surface area contributed by atoms with Crippen LogP contribution in [0.5, 0.6) is 0 Å². The van der Waals surface area contributed by atoms with Crippen molar-refractivity contribution in [1.29, 1.82) is 0 Å². The third kappa shape index (κ3) is 4.58. The van der Waals surface area contributed by atoms with Gasteiger partial charge in [-0.1, -0.05) is 115 Å². The molecule has 0 aliphatic heterocycles. The van der Waals surface area contributed by atoms with E-state index in [0.717, 1.165) is 44.7 Å². The molecule has 7 rings (SSSR count). The Morgan fingerprint density at radius 3 is 1.31 bits per heavy atom. The van der Waals surface area contributed by atoms with Gasteiger partial charge in [0.25, 0.3) is 0 Å². The summed E-state index contributed by atoms with van der Waals surface area (Å²) in [7, 11) is 0. The van der Waals surface area contributed by atoms with Crippen molar-refractivity contribution in [2.24, 2.45) is 0 Å². The number of pyridine rings is 1. The van der Waals surface area contributed by atoms with E-state index < -0.39 is 0 Å². The fourth-order valence-corrected chi connectivity index (χ4v) is 4.66. The van der Waals surface area contributed by atoms with Gasteiger partial charge in [0.05, 0.1) is 5.69 Å². The average Bonchev–Trinajstić information content (AvgIpc) is 3.46. The van der Waals surface area contributed by atoms with Crippen LogP contribution in [0.1, 0.15) is 0 Å². The molecule has 0 unspecified atom stereocenters. The summed E-state index contributed by atoms with van der Waals surface area (Å²) in [6.45, 7) is 0. The van der Waals surface area contributed by atoms with Crippen molar-refractivity contribution >= 4 is 5.65 Å². The van der Waals surface area contributed by atoms with Crippen molar-refractivity contribution in [1.82, 2.24) is 24.3 Å². The fraction of sp³-hybridized carbons (Fsp3) is 0. The van der Waals surface area contributed by atoms with Crippen molar-refractivity contribution in [3.63, 3.8) is 0 Å². The zero-order valence-electron chi connectivity index (χ0n) is 21.0. The van der Waals surface area contributed by atoms with Crippen LogP contribution >= 0.6 is 0 Å². The highest BCUT2D eigenvalue weighted by Crippen LogP contribution is 2.28. The third-order valence-corrected chi connectivity index (χ3v) is 6.72. The van der Waals surface area contributed by atoms with Gasteiger partial charge < -0.3 is 4.40 Å². The van der Waals surface area contributed by atoms with Crippen LogP contribution in [-0.2, 0) is 0 Å². The zero-order valence-corrected chi connectivity index (χ0v) is 21.0. The summed E-state index contributed by atoms with van der Waals surface area (Å²) in [6.07, 6.45) is 4.07. The number of benzene rings is 4. The lowest BCUT2D eigenvalue weighted by Gasteiger charge is -2.09. The van der Waals surface area contributed by atoms with Gasteiger partial charge in [-0.25, -0.2) is 19.9 Å². The van der Waals surface area contributed by atoms with Gasteiger partial charge in [-0.05, 0) is 23.3 Å². The van der Waals surface area contributed by atoms with E-state index in [2.05, 4.69) is 54.7 Å². The van der Waals surface area contributed by atoms with Gasteiger partial charge in [0.2, 0.25) is 0 Å². The minimum Gasteiger partial charge on any atom is -0.306 e. The predicted molar refractivity (Wildman–Crippen MR) is 156 cm³/mol. The molecule has 0 amide bonds. The fourth-order valence-electron chi connectivity index (χ4n) is 4.66. The number of fused-ring (bicyclic) bond motifs is 1. The van der Waals surface area contributed by atoms with Crippen LogP contribution in [0.3, 0.4) is 0 Å². The Morgan fingerprint density at radius 2 is 0.795 bits per heavy atom. The smallest absolute Gasteiger partial charge is 0.164 e. The average molecular weight is 502 g/mol. The summed E-state index contributed by atoms with van der Waals surface area (Å²) in [5.74, 6) is 1.97. The predicted octanol–water partition coefficient (Wildman–Crippen LogP) is 7.85. The lowest BCUT2D eigenvalue weighted by atomic mass is 10.0. The molecule has 0 N–H and O–H groups in total. The molecule has 5 nitrogen and oxygen atoms in total. The molecule has 0 radical (unpaired) electrons. The van der Waals surface area contributed by atoms with Crippen molar-refractivity contribution in [3.8, 4) is 56.5 Å². The maximum absolute atomic E-state index is 4.83. The van der Waals surface area contributed by atoms with E-state index in [0.29, 0.717) is 17.5 Å². The van der Waals surface area contributed by atoms with Crippen molar-refractivity contribution in [2.45, 2.75) is 0 Å². The Balaban J connectivity index is 1.21. The van der Waals surface area contributed by atoms with E-state index >= 15 is 0 Å². The summed E-state index contributed by atoms with van der Waals surface area (Å²) < 4.78 is 2.04. The molecule has 3 aromatic heterocycles.